The molecule has 1 aliphatic carbocycles. The van der Waals surface area contributed by atoms with Crippen molar-refractivity contribution in [3.63, 3.8) is 0 Å². The number of hydrogen-bond acceptors (Lipinski definition) is 3. The Balaban J connectivity index is 2.09. The molecule has 0 atom stereocenters. The van der Waals surface area contributed by atoms with Crippen LogP contribution < -0.4 is 11.3 Å². The lowest BCUT2D eigenvalue weighted by atomic mass is 9.95. The van der Waals surface area contributed by atoms with Gasteiger partial charge in [0.05, 0.1) is 22.8 Å². The molecule has 0 aliphatic heterocycles. The molecule has 1 aromatic carbocycles. The number of hydrazine groups is 1. The van der Waals surface area contributed by atoms with Gasteiger partial charge in [-0.3, -0.25) is 10.2 Å². The van der Waals surface area contributed by atoms with Gasteiger partial charge >= 0.3 is 0 Å². The van der Waals surface area contributed by atoms with E-state index in [1.165, 1.54) is 0 Å². The first-order chi connectivity index (χ1) is 7.76. The summed E-state index contributed by atoms with van der Waals surface area (Å²) in [6, 6.07) is 5.85. The summed E-state index contributed by atoms with van der Waals surface area (Å²) in [6.45, 7) is 0. The summed E-state index contributed by atoms with van der Waals surface area (Å²) in [5.74, 6) is 5.10. The Labute approximate surface area is 92.0 Å². The number of aromatic amines is 1. The summed E-state index contributed by atoms with van der Waals surface area (Å²) < 4.78 is 0. The van der Waals surface area contributed by atoms with Crippen LogP contribution in [0.3, 0.4) is 0 Å². The van der Waals surface area contributed by atoms with Gasteiger partial charge in [-0.1, -0.05) is 6.07 Å². The maximum Gasteiger partial charge on any atom is 0.244 e. The van der Waals surface area contributed by atoms with Gasteiger partial charge in [0.2, 0.25) is 5.91 Å². The van der Waals surface area contributed by atoms with Gasteiger partial charge in [-0.15, -0.1) is 0 Å². The summed E-state index contributed by atoms with van der Waals surface area (Å²) in [7, 11) is 0. The molecule has 16 heavy (non-hydrogen) atoms. The number of hydrogen-bond donors (Lipinski definition) is 3. The summed E-state index contributed by atoms with van der Waals surface area (Å²) in [6.07, 6.45) is 3.36. The number of carbonyl (C=O) groups is 1. The van der Waals surface area contributed by atoms with Crippen LogP contribution in [0.2, 0.25) is 0 Å². The van der Waals surface area contributed by atoms with Crippen molar-refractivity contribution in [3.8, 4) is 0 Å². The lowest BCUT2D eigenvalue weighted by Crippen LogP contribution is -2.39. The number of carbonyl (C=O) groups excluding carboxylic acids is 1. The van der Waals surface area contributed by atoms with Crippen LogP contribution in [0.1, 0.15) is 18.4 Å². The molecule has 1 saturated carbocycles. The van der Waals surface area contributed by atoms with Crippen molar-refractivity contribution in [1.29, 1.82) is 0 Å². The van der Waals surface area contributed by atoms with Crippen LogP contribution in [-0.2, 0) is 10.2 Å². The molecule has 2 aromatic rings. The van der Waals surface area contributed by atoms with E-state index in [0.29, 0.717) is 0 Å². The van der Waals surface area contributed by atoms with Crippen LogP contribution in [0, 0.1) is 0 Å². The number of H-pyrrole nitrogens is 1. The Hall–Kier alpha value is -1.88. The molecule has 0 saturated heterocycles. The molecule has 0 unspecified atom stereocenters. The average Bonchev–Trinajstić information content (AvgIpc) is 3.00. The highest BCUT2D eigenvalue weighted by Crippen LogP contribution is 2.48. The fourth-order valence-electron chi connectivity index (χ4n) is 2.14. The van der Waals surface area contributed by atoms with Gasteiger partial charge in [0.15, 0.2) is 0 Å². The maximum atomic E-state index is 11.7. The number of nitrogens with zero attached hydrogens (tertiary/aromatic N) is 1. The minimum atomic E-state index is -0.409. The van der Waals surface area contributed by atoms with Gasteiger partial charge in [-0.2, -0.15) is 0 Å². The van der Waals surface area contributed by atoms with Crippen molar-refractivity contribution in [3.05, 3.63) is 30.1 Å². The highest BCUT2D eigenvalue weighted by Gasteiger charge is 2.51. The Bertz CT molecular complexity index is 556. The number of fused-ring (bicyclic) bond motifs is 1. The quantitative estimate of drug-likeness (QED) is 0.390. The minimum Gasteiger partial charge on any atom is -0.345 e. The Morgan fingerprint density at radius 3 is 3.00 bits per heavy atom. The molecule has 1 heterocycles. The first-order valence-corrected chi connectivity index (χ1v) is 5.21. The van der Waals surface area contributed by atoms with Crippen LogP contribution in [0.5, 0.6) is 0 Å². The van der Waals surface area contributed by atoms with E-state index >= 15 is 0 Å². The zero-order valence-corrected chi connectivity index (χ0v) is 8.66. The lowest BCUT2D eigenvalue weighted by Gasteiger charge is -2.13. The smallest absolute Gasteiger partial charge is 0.244 e. The second-order valence-electron chi connectivity index (χ2n) is 4.19. The van der Waals surface area contributed by atoms with E-state index in [1.54, 1.807) is 6.33 Å². The molecule has 5 nitrogen and oxygen atoms in total. The predicted molar refractivity (Wildman–Crippen MR) is 59.3 cm³/mol. The largest absolute Gasteiger partial charge is 0.345 e. The number of imidazole rings is 1. The van der Waals surface area contributed by atoms with Gasteiger partial charge in [0, 0.05) is 0 Å². The molecule has 0 spiro atoms. The fraction of sp³-hybridized carbons (Fsp3) is 0.273. The molecule has 5 heteroatoms. The monoisotopic (exact) mass is 216 g/mol. The van der Waals surface area contributed by atoms with E-state index in [4.69, 9.17) is 5.84 Å². The number of nitrogens with two attached hydrogens (primary N) is 1. The summed E-state index contributed by atoms with van der Waals surface area (Å²) in [5.41, 5.74) is 4.70. The van der Waals surface area contributed by atoms with Crippen molar-refractivity contribution < 1.29 is 4.79 Å². The van der Waals surface area contributed by atoms with Crippen molar-refractivity contribution in [1.82, 2.24) is 15.4 Å². The lowest BCUT2D eigenvalue weighted by molar-refractivity contribution is -0.123. The first kappa shape index (κ1) is 9.35. The van der Waals surface area contributed by atoms with Gasteiger partial charge in [-0.25, -0.2) is 10.8 Å². The number of amides is 1. The topological polar surface area (TPSA) is 83.8 Å². The highest BCUT2D eigenvalue weighted by molar-refractivity contribution is 5.92. The van der Waals surface area contributed by atoms with E-state index in [1.807, 2.05) is 18.2 Å². The molecule has 1 fully saturated rings. The fourth-order valence-corrected chi connectivity index (χ4v) is 2.14. The minimum absolute atomic E-state index is 0.105. The molecule has 1 aliphatic rings. The second kappa shape index (κ2) is 3.05. The van der Waals surface area contributed by atoms with Gasteiger partial charge in [0.1, 0.15) is 0 Å². The zero-order valence-electron chi connectivity index (χ0n) is 8.66. The highest BCUT2D eigenvalue weighted by atomic mass is 16.2. The molecule has 1 amide bonds. The summed E-state index contributed by atoms with van der Waals surface area (Å²) >= 11 is 0. The third-order valence-corrected chi connectivity index (χ3v) is 3.29. The molecule has 0 bridgehead atoms. The average molecular weight is 216 g/mol. The van der Waals surface area contributed by atoms with Gasteiger partial charge < -0.3 is 4.98 Å². The third-order valence-electron chi connectivity index (χ3n) is 3.29. The molecule has 4 N–H and O–H groups in total. The molecular formula is C11H12N4O. The van der Waals surface area contributed by atoms with Crippen LogP contribution in [-0.4, -0.2) is 15.9 Å². The SMILES string of the molecule is NNC(=O)C1(c2ccc3nc[nH]c3c2)CC1. The van der Waals surface area contributed by atoms with Gasteiger partial charge in [-0.05, 0) is 30.5 Å². The molecular weight excluding hydrogens is 204 g/mol. The number of benzene rings is 1. The van der Waals surface area contributed by atoms with Crippen molar-refractivity contribution >= 4 is 16.9 Å². The molecule has 1 aromatic heterocycles. The van der Waals surface area contributed by atoms with E-state index in [2.05, 4.69) is 15.4 Å². The molecule has 82 valence electrons. The Morgan fingerprint density at radius 2 is 2.31 bits per heavy atom. The van der Waals surface area contributed by atoms with Crippen LogP contribution >= 0.6 is 0 Å². The van der Waals surface area contributed by atoms with Crippen LogP contribution in [0.15, 0.2) is 24.5 Å². The standard InChI is InChI=1S/C11H12N4O/c12-15-10(16)11(3-4-11)7-1-2-8-9(5-7)14-6-13-8/h1-2,5-6H,3-4,12H2,(H,13,14)(H,15,16). The number of nitrogens with one attached hydrogen (secondary N) is 2. The predicted octanol–water partition coefficient (Wildman–Crippen LogP) is 0.584. The zero-order chi connectivity index (χ0) is 11.2. The van der Waals surface area contributed by atoms with Crippen molar-refractivity contribution in [2.75, 3.05) is 0 Å². The number of rotatable bonds is 2. The third kappa shape index (κ3) is 1.15. The van der Waals surface area contributed by atoms with Gasteiger partial charge in [0.25, 0.3) is 0 Å². The second-order valence-corrected chi connectivity index (χ2v) is 4.19. The van der Waals surface area contributed by atoms with Crippen molar-refractivity contribution in [2.24, 2.45) is 5.84 Å². The van der Waals surface area contributed by atoms with Crippen LogP contribution in [0.4, 0.5) is 0 Å². The first-order valence-electron chi connectivity index (χ1n) is 5.21. The van der Waals surface area contributed by atoms with Crippen LogP contribution in [0.25, 0.3) is 11.0 Å². The van der Waals surface area contributed by atoms with Crippen molar-refractivity contribution in [2.45, 2.75) is 18.3 Å². The van der Waals surface area contributed by atoms with E-state index in [-0.39, 0.29) is 5.91 Å². The number of aromatic nitrogens is 2. The Morgan fingerprint density at radius 1 is 1.50 bits per heavy atom. The molecule has 3 rings (SSSR count). The molecule has 0 radical (unpaired) electrons. The van der Waals surface area contributed by atoms with E-state index in [0.717, 1.165) is 29.4 Å². The van der Waals surface area contributed by atoms with E-state index in [9.17, 15) is 4.79 Å². The maximum absolute atomic E-state index is 11.7. The summed E-state index contributed by atoms with van der Waals surface area (Å²) in [4.78, 5) is 18.9. The normalized spacial score (nSPS) is 17.3. The summed E-state index contributed by atoms with van der Waals surface area (Å²) in [5, 5.41) is 0. The van der Waals surface area contributed by atoms with E-state index < -0.39 is 5.41 Å². The Kier molecular flexibility index (Phi) is 1.79.